The number of benzene rings is 1. The number of ether oxygens (including phenoxy) is 1. The summed E-state index contributed by atoms with van der Waals surface area (Å²) >= 11 is 0. The quantitative estimate of drug-likeness (QED) is 0.825. The van der Waals surface area contributed by atoms with Crippen molar-refractivity contribution in [1.29, 1.82) is 0 Å². The number of hydrogen-bond donors (Lipinski definition) is 0. The molecular formula is C19H20F3N3O. The molecule has 0 radical (unpaired) electrons. The fraction of sp³-hybridized carbons (Fsp3) is 0.474. The van der Waals surface area contributed by atoms with E-state index in [0.717, 1.165) is 38.1 Å². The number of nitrogens with zero attached hydrogens (tertiary/aromatic N) is 3. The highest BCUT2D eigenvalue weighted by atomic mass is 19.4. The van der Waals surface area contributed by atoms with E-state index in [9.17, 15) is 13.2 Å². The van der Waals surface area contributed by atoms with Crippen molar-refractivity contribution in [2.24, 2.45) is 5.92 Å². The topological polar surface area (TPSA) is 38.2 Å². The molecule has 3 atom stereocenters. The lowest BCUT2D eigenvalue weighted by molar-refractivity contribution is -0.137. The first-order chi connectivity index (χ1) is 12.5. The molecule has 2 aliphatic heterocycles. The van der Waals surface area contributed by atoms with Crippen LogP contribution in [0.25, 0.3) is 11.3 Å². The molecule has 0 spiro atoms. The minimum atomic E-state index is -4.37. The van der Waals surface area contributed by atoms with Crippen LogP contribution in [0.3, 0.4) is 0 Å². The van der Waals surface area contributed by atoms with E-state index in [-0.39, 0.29) is 6.10 Å². The van der Waals surface area contributed by atoms with E-state index >= 15 is 0 Å². The Balaban J connectivity index is 1.47. The van der Waals surface area contributed by atoms with Crippen molar-refractivity contribution < 1.29 is 17.9 Å². The third-order valence-corrected chi connectivity index (χ3v) is 5.20. The van der Waals surface area contributed by atoms with Gasteiger partial charge in [0.1, 0.15) is 6.10 Å². The Morgan fingerprint density at radius 2 is 1.92 bits per heavy atom. The Morgan fingerprint density at radius 1 is 1.04 bits per heavy atom. The molecule has 2 bridgehead atoms. The zero-order valence-electron chi connectivity index (χ0n) is 14.2. The van der Waals surface area contributed by atoms with Crippen molar-refractivity contribution in [3.63, 3.8) is 0 Å². The maximum atomic E-state index is 12.9. The standard InChI is InChI=1S/C19H20F3N3O/c20-19(21,22)15-5-1-3-13(11-15)16-6-7-18(24-23-16)26-17-8-10-25-9-2-4-14(17)12-25/h1,3,5-7,11,14,17H,2,4,8-10,12H2. The van der Waals surface area contributed by atoms with E-state index in [1.165, 1.54) is 19.0 Å². The minimum absolute atomic E-state index is 0.139. The smallest absolute Gasteiger partial charge is 0.416 e. The van der Waals surface area contributed by atoms with Gasteiger partial charge >= 0.3 is 6.18 Å². The van der Waals surface area contributed by atoms with Crippen LogP contribution >= 0.6 is 0 Å². The van der Waals surface area contributed by atoms with Crippen molar-refractivity contribution in [1.82, 2.24) is 15.1 Å². The monoisotopic (exact) mass is 363 g/mol. The van der Waals surface area contributed by atoms with Crippen molar-refractivity contribution in [2.75, 3.05) is 19.6 Å². The molecule has 2 fully saturated rings. The summed E-state index contributed by atoms with van der Waals surface area (Å²) in [6.45, 7) is 3.28. The normalized spacial score (nSPS) is 25.7. The number of fused-ring (bicyclic) bond motifs is 2. The molecule has 0 saturated carbocycles. The van der Waals surface area contributed by atoms with Gasteiger partial charge < -0.3 is 9.64 Å². The van der Waals surface area contributed by atoms with Crippen molar-refractivity contribution in [2.45, 2.75) is 31.5 Å². The Labute approximate surface area is 150 Å². The summed E-state index contributed by atoms with van der Waals surface area (Å²) in [6.07, 6.45) is -0.898. The highest BCUT2D eigenvalue weighted by molar-refractivity contribution is 5.59. The molecule has 3 unspecified atom stereocenters. The van der Waals surface area contributed by atoms with Gasteiger partial charge in [0.05, 0.1) is 11.3 Å². The van der Waals surface area contributed by atoms with Gasteiger partial charge in [-0.15, -0.1) is 10.2 Å². The fourth-order valence-electron chi connectivity index (χ4n) is 3.85. The largest absolute Gasteiger partial charge is 0.473 e. The van der Waals surface area contributed by atoms with Crippen LogP contribution in [0.5, 0.6) is 5.88 Å². The second-order valence-corrected chi connectivity index (χ2v) is 6.98. The van der Waals surface area contributed by atoms with Crippen molar-refractivity contribution in [3.05, 3.63) is 42.0 Å². The summed E-state index contributed by atoms with van der Waals surface area (Å²) in [6, 6.07) is 8.46. The Morgan fingerprint density at radius 3 is 2.69 bits per heavy atom. The molecule has 2 aliphatic rings. The molecule has 2 aromatic rings. The first kappa shape index (κ1) is 17.3. The maximum Gasteiger partial charge on any atom is 0.416 e. The van der Waals surface area contributed by atoms with E-state index in [2.05, 4.69) is 15.1 Å². The van der Waals surface area contributed by atoms with Gasteiger partial charge in [-0.3, -0.25) is 0 Å². The third kappa shape index (κ3) is 3.67. The molecule has 1 aromatic carbocycles. The van der Waals surface area contributed by atoms with Crippen LogP contribution in [-0.2, 0) is 6.18 Å². The predicted octanol–water partition coefficient (Wildman–Crippen LogP) is 4.03. The summed E-state index contributed by atoms with van der Waals surface area (Å²) < 4.78 is 44.6. The van der Waals surface area contributed by atoms with Crippen LogP contribution in [0.15, 0.2) is 36.4 Å². The Kier molecular flexibility index (Phi) is 4.56. The number of aromatic nitrogens is 2. The van der Waals surface area contributed by atoms with E-state index in [0.29, 0.717) is 23.1 Å². The number of hydrogen-bond acceptors (Lipinski definition) is 4. The van der Waals surface area contributed by atoms with Gasteiger partial charge in [0.2, 0.25) is 5.88 Å². The molecule has 0 amide bonds. The van der Waals surface area contributed by atoms with E-state index < -0.39 is 11.7 Å². The highest BCUT2D eigenvalue weighted by Crippen LogP contribution is 2.32. The first-order valence-electron chi connectivity index (χ1n) is 8.89. The van der Waals surface area contributed by atoms with Crippen LogP contribution in [0.4, 0.5) is 13.2 Å². The number of piperidine rings is 2. The number of rotatable bonds is 3. The van der Waals surface area contributed by atoms with E-state index in [4.69, 9.17) is 4.74 Å². The van der Waals surface area contributed by atoms with Crippen molar-refractivity contribution in [3.8, 4) is 17.1 Å². The molecule has 4 rings (SSSR count). The van der Waals surface area contributed by atoms with Crippen LogP contribution in [0.1, 0.15) is 24.8 Å². The number of alkyl halides is 3. The first-order valence-corrected chi connectivity index (χ1v) is 8.89. The molecule has 1 aromatic heterocycles. The molecule has 3 heterocycles. The van der Waals surface area contributed by atoms with E-state index in [1.54, 1.807) is 18.2 Å². The van der Waals surface area contributed by atoms with Crippen LogP contribution < -0.4 is 4.74 Å². The van der Waals surface area contributed by atoms with Gasteiger partial charge in [-0.2, -0.15) is 13.2 Å². The average Bonchev–Trinajstić information content (AvgIpc) is 2.64. The predicted molar refractivity (Wildman–Crippen MR) is 90.7 cm³/mol. The van der Waals surface area contributed by atoms with Gasteiger partial charge in [0, 0.05) is 30.6 Å². The van der Waals surface area contributed by atoms with Crippen LogP contribution in [0, 0.1) is 5.92 Å². The summed E-state index contributed by atoms with van der Waals surface area (Å²) in [5, 5.41) is 8.14. The Hall–Kier alpha value is -2.15. The van der Waals surface area contributed by atoms with Gasteiger partial charge in [0.25, 0.3) is 0 Å². The second-order valence-electron chi connectivity index (χ2n) is 6.98. The van der Waals surface area contributed by atoms with E-state index in [1.807, 2.05) is 0 Å². The zero-order valence-corrected chi connectivity index (χ0v) is 14.2. The summed E-state index contributed by atoms with van der Waals surface area (Å²) in [5.41, 5.74) is 0.0941. The summed E-state index contributed by atoms with van der Waals surface area (Å²) in [5.74, 6) is 0.951. The molecule has 138 valence electrons. The minimum Gasteiger partial charge on any atom is -0.473 e. The highest BCUT2D eigenvalue weighted by Gasteiger charge is 2.33. The average molecular weight is 363 g/mol. The zero-order chi connectivity index (χ0) is 18.1. The molecule has 0 aliphatic carbocycles. The SMILES string of the molecule is FC(F)(F)c1cccc(-c2ccc(OC3CCN4CCCC3C4)nn2)c1. The summed E-state index contributed by atoms with van der Waals surface area (Å²) in [7, 11) is 0. The Bertz CT molecular complexity index is 763. The molecule has 4 nitrogen and oxygen atoms in total. The lowest BCUT2D eigenvalue weighted by Gasteiger charge is -2.42. The second kappa shape index (κ2) is 6.87. The molecule has 26 heavy (non-hydrogen) atoms. The summed E-state index contributed by atoms with van der Waals surface area (Å²) in [4.78, 5) is 2.47. The van der Waals surface area contributed by atoms with Crippen molar-refractivity contribution >= 4 is 0 Å². The molecule has 7 heteroatoms. The maximum absolute atomic E-state index is 12.9. The molecular weight excluding hydrogens is 343 g/mol. The molecule has 0 N–H and O–H groups in total. The van der Waals surface area contributed by atoms with Crippen LogP contribution in [0.2, 0.25) is 0 Å². The lowest BCUT2D eigenvalue weighted by Crippen LogP contribution is -2.49. The van der Waals surface area contributed by atoms with Gasteiger partial charge in [-0.25, -0.2) is 0 Å². The number of halogens is 3. The lowest BCUT2D eigenvalue weighted by atomic mass is 9.87. The fourth-order valence-corrected chi connectivity index (χ4v) is 3.85. The van der Waals surface area contributed by atoms with Gasteiger partial charge in [0.15, 0.2) is 0 Å². The van der Waals surface area contributed by atoms with Crippen LogP contribution in [-0.4, -0.2) is 40.8 Å². The van der Waals surface area contributed by atoms with Gasteiger partial charge in [-0.05, 0) is 44.0 Å². The molecule has 2 saturated heterocycles. The van der Waals surface area contributed by atoms with Gasteiger partial charge in [-0.1, -0.05) is 12.1 Å². The third-order valence-electron chi connectivity index (χ3n) is 5.20.